The Balaban J connectivity index is 0.000000382. The number of nitrogens with one attached hydrogen (secondary N) is 1. The molecule has 0 aliphatic carbocycles. The molecule has 2 atom stereocenters. The lowest BCUT2D eigenvalue weighted by Crippen LogP contribution is -2.37. The Kier molecular flexibility index (Phi) is 20.5. The van der Waals surface area contributed by atoms with Gasteiger partial charge in [-0.3, -0.25) is 0 Å². The van der Waals surface area contributed by atoms with Crippen LogP contribution in [0.2, 0.25) is 0 Å². The second-order valence-corrected chi connectivity index (χ2v) is 14.6. The minimum absolute atomic E-state index is 0. The van der Waals surface area contributed by atoms with Gasteiger partial charge in [-0.15, -0.1) is 47.2 Å². The van der Waals surface area contributed by atoms with Crippen molar-refractivity contribution >= 4 is 64.7 Å². The molecule has 7 nitrogen and oxygen atoms in total. The average molecular weight is 737 g/mol. The van der Waals surface area contributed by atoms with Crippen molar-refractivity contribution in [3.05, 3.63) is 60.7 Å². The predicted octanol–water partition coefficient (Wildman–Crippen LogP) is 8.49. The Morgan fingerprint density at radius 1 is 0.809 bits per heavy atom. The van der Waals surface area contributed by atoms with Gasteiger partial charge in [0, 0.05) is 80.5 Å². The van der Waals surface area contributed by atoms with Crippen LogP contribution in [0, 0.1) is 10.8 Å². The summed E-state index contributed by atoms with van der Waals surface area (Å²) in [6.07, 6.45) is 4.78. The third-order valence-corrected chi connectivity index (χ3v) is 8.54. The van der Waals surface area contributed by atoms with Gasteiger partial charge in [0.1, 0.15) is 5.60 Å². The molecule has 2 unspecified atom stereocenters. The van der Waals surface area contributed by atoms with Crippen LogP contribution in [0.3, 0.4) is 0 Å². The standard InChI is InChI=1S/C18H26N2O2.C13H18N2.C2H5Cl.C2H6O.CH2Cl2.ClH/c1-17(2,3)22-16(21)20-12-10-18(14-20)9-11-19(13-18)15-7-5-4-6-8-15;1-2-4-12(5-3-1)15-9-7-13(11-15)6-8-14-10-13;2*1-2-3;2-1-3;/h4-8H,9-14H2,1-3H3;1-5,14H,6-11H2;2H2,1H3;3H,2H2,1H3;1H2;1H. The SMILES string of the molecule is CC(C)(C)OC(=O)N1CCC2(CCN(c3ccccc3)C2)C1.CCCl.CCO.Cl.ClCCl.c1ccc(N2CCC3(CCNC3)C2)cc1. The number of alkyl halides is 3. The van der Waals surface area contributed by atoms with E-state index in [1.807, 2.05) is 32.6 Å². The first kappa shape index (κ1) is 43.4. The number of amides is 1. The van der Waals surface area contributed by atoms with E-state index in [4.69, 9.17) is 44.6 Å². The summed E-state index contributed by atoms with van der Waals surface area (Å²) in [5, 5.41) is 11.3. The second-order valence-electron chi connectivity index (χ2n) is 13.3. The molecule has 2 spiro atoms. The minimum Gasteiger partial charge on any atom is -0.444 e. The van der Waals surface area contributed by atoms with Gasteiger partial charge in [-0.1, -0.05) is 43.3 Å². The van der Waals surface area contributed by atoms with Crippen LogP contribution >= 0.6 is 47.2 Å². The lowest BCUT2D eigenvalue weighted by molar-refractivity contribution is 0.0276. The smallest absolute Gasteiger partial charge is 0.410 e. The highest BCUT2D eigenvalue weighted by Crippen LogP contribution is 2.41. The largest absolute Gasteiger partial charge is 0.444 e. The Morgan fingerprint density at radius 3 is 1.66 bits per heavy atom. The van der Waals surface area contributed by atoms with E-state index in [0.29, 0.717) is 5.41 Å². The number of nitrogens with zero attached hydrogens (tertiary/aromatic N) is 3. The van der Waals surface area contributed by atoms with Crippen LogP contribution in [0.4, 0.5) is 16.2 Å². The zero-order chi connectivity index (χ0) is 34.1. The topological polar surface area (TPSA) is 68.3 Å². The molecule has 4 aliphatic heterocycles. The molecule has 4 heterocycles. The number of aliphatic hydroxyl groups excluding tert-OH is 1. The summed E-state index contributed by atoms with van der Waals surface area (Å²) in [4.78, 5) is 19.1. The summed E-state index contributed by atoms with van der Waals surface area (Å²) < 4.78 is 5.51. The number of carbonyl (C=O) groups excluding carboxylic acids is 1. The molecule has 11 heteroatoms. The van der Waals surface area contributed by atoms with Gasteiger partial charge >= 0.3 is 6.09 Å². The molecular formula is C36H58Cl4N4O3. The van der Waals surface area contributed by atoms with Crippen LogP contribution in [0.15, 0.2) is 60.7 Å². The van der Waals surface area contributed by atoms with Gasteiger partial charge in [-0.05, 0) is 84.2 Å². The fourth-order valence-corrected chi connectivity index (χ4v) is 6.48. The molecule has 0 saturated carbocycles. The van der Waals surface area contributed by atoms with Gasteiger partial charge in [0.2, 0.25) is 0 Å². The van der Waals surface area contributed by atoms with Gasteiger partial charge in [0.05, 0.1) is 5.34 Å². The predicted molar refractivity (Wildman–Crippen MR) is 204 cm³/mol. The van der Waals surface area contributed by atoms with Crippen molar-refractivity contribution < 1.29 is 14.6 Å². The maximum absolute atomic E-state index is 12.2. The van der Waals surface area contributed by atoms with E-state index in [0.717, 1.165) is 44.9 Å². The lowest BCUT2D eigenvalue weighted by Gasteiger charge is -2.27. The van der Waals surface area contributed by atoms with E-state index >= 15 is 0 Å². The highest BCUT2D eigenvalue weighted by atomic mass is 35.5. The number of aliphatic hydroxyl groups is 1. The van der Waals surface area contributed by atoms with Gasteiger partial charge in [0.25, 0.3) is 0 Å². The van der Waals surface area contributed by atoms with Crippen LogP contribution in [0.1, 0.15) is 60.3 Å². The summed E-state index contributed by atoms with van der Waals surface area (Å²) in [7, 11) is 0. The number of rotatable bonds is 2. The van der Waals surface area contributed by atoms with Gasteiger partial charge in [-0.25, -0.2) is 4.79 Å². The Bertz CT molecular complexity index is 1100. The average Bonchev–Trinajstić information content (AvgIpc) is 3.85. The molecule has 2 N–H and O–H groups in total. The van der Waals surface area contributed by atoms with Crippen LogP contribution in [0.5, 0.6) is 0 Å². The summed E-state index contributed by atoms with van der Waals surface area (Å²) in [5.41, 5.74) is 3.08. The Labute approximate surface area is 305 Å². The summed E-state index contributed by atoms with van der Waals surface area (Å²) in [6.45, 7) is 18.2. The monoisotopic (exact) mass is 734 g/mol. The molecule has 268 valence electrons. The summed E-state index contributed by atoms with van der Waals surface area (Å²) in [5.74, 6) is 0.722. The molecule has 47 heavy (non-hydrogen) atoms. The zero-order valence-corrected chi connectivity index (χ0v) is 32.1. The number of likely N-dealkylation sites (tertiary alicyclic amines) is 1. The van der Waals surface area contributed by atoms with Gasteiger partial charge in [-0.2, -0.15) is 0 Å². The highest BCUT2D eigenvalue weighted by molar-refractivity contribution is 6.40. The first-order chi connectivity index (χ1) is 22.0. The summed E-state index contributed by atoms with van der Waals surface area (Å²) >= 11 is 14.5. The number of benzene rings is 2. The van der Waals surface area contributed by atoms with Gasteiger partial charge < -0.3 is 29.9 Å². The fraction of sp³-hybridized carbons (Fsp3) is 0.639. The zero-order valence-electron chi connectivity index (χ0n) is 29.0. The van der Waals surface area contributed by atoms with Gasteiger partial charge in [0.15, 0.2) is 0 Å². The number of halogens is 4. The lowest BCUT2D eigenvalue weighted by atomic mass is 9.86. The molecule has 0 bridgehead atoms. The van der Waals surface area contributed by atoms with Crippen LogP contribution in [0.25, 0.3) is 0 Å². The number of para-hydroxylation sites is 2. The third kappa shape index (κ3) is 14.8. The molecular weight excluding hydrogens is 678 g/mol. The Hall–Kier alpha value is -1.61. The molecule has 2 aromatic carbocycles. The molecule has 6 rings (SSSR count). The van der Waals surface area contributed by atoms with Crippen LogP contribution in [-0.2, 0) is 4.74 Å². The molecule has 4 saturated heterocycles. The minimum atomic E-state index is -0.418. The first-order valence-corrected chi connectivity index (χ1v) is 18.2. The van der Waals surface area contributed by atoms with E-state index in [9.17, 15) is 4.79 Å². The Morgan fingerprint density at radius 2 is 1.23 bits per heavy atom. The number of ether oxygens (including phenoxy) is 1. The maximum atomic E-state index is 12.2. The quantitative estimate of drug-likeness (QED) is 0.302. The highest BCUT2D eigenvalue weighted by Gasteiger charge is 2.45. The molecule has 2 aromatic rings. The molecule has 1 amide bonds. The maximum Gasteiger partial charge on any atom is 0.410 e. The van der Waals surface area contributed by atoms with Crippen molar-refractivity contribution in [3.8, 4) is 0 Å². The van der Waals surface area contributed by atoms with E-state index in [-0.39, 0.29) is 35.9 Å². The van der Waals surface area contributed by atoms with Crippen molar-refractivity contribution in [3.63, 3.8) is 0 Å². The number of anilines is 2. The molecule has 4 aliphatic rings. The van der Waals surface area contributed by atoms with Crippen molar-refractivity contribution in [1.82, 2.24) is 10.2 Å². The fourth-order valence-electron chi connectivity index (χ4n) is 6.48. The normalized spacial score (nSPS) is 22.5. The van der Waals surface area contributed by atoms with E-state index in [2.05, 4.69) is 75.8 Å². The van der Waals surface area contributed by atoms with E-state index in [1.165, 1.54) is 50.4 Å². The van der Waals surface area contributed by atoms with Crippen LogP contribution in [-0.4, -0.2) is 91.9 Å². The number of hydrogen-bond donors (Lipinski definition) is 2. The third-order valence-electron chi connectivity index (χ3n) is 8.54. The number of hydrogen-bond acceptors (Lipinski definition) is 6. The van der Waals surface area contributed by atoms with E-state index in [1.54, 1.807) is 6.92 Å². The molecule has 0 aromatic heterocycles. The van der Waals surface area contributed by atoms with Crippen molar-refractivity contribution in [2.24, 2.45) is 10.8 Å². The van der Waals surface area contributed by atoms with Crippen molar-refractivity contribution in [2.45, 2.75) is 65.9 Å². The van der Waals surface area contributed by atoms with Crippen LogP contribution < -0.4 is 15.1 Å². The van der Waals surface area contributed by atoms with E-state index < -0.39 is 5.60 Å². The number of carbonyl (C=O) groups is 1. The molecule has 0 radical (unpaired) electrons. The summed E-state index contributed by atoms with van der Waals surface area (Å²) in [6, 6.07) is 21.4. The second kappa shape index (κ2) is 22.2. The first-order valence-electron chi connectivity index (χ1n) is 16.6. The van der Waals surface area contributed by atoms with Crippen molar-refractivity contribution in [1.29, 1.82) is 0 Å². The van der Waals surface area contributed by atoms with Crippen molar-refractivity contribution in [2.75, 3.05) is 80.0 Å². The molecule has 4 fully saturated rings.